The highest BCUT2D eigenvalue weighted by atomic mass is 16.2. The van der Waals surface area contributed by atoms with E-state index in [1.54, 1.807) is 0 Å². The van der Waals surface area contributed by atoms with Gasteiger partial charge in [-0.1, -0.05) is 13.3 Å². The number of aromatic amines is 2. The van der Waals surface area contributed by atoms with Crippen molar-refractivity contribution in [1.82, 2.24) is 20.5 Å². The molecular formula is C14H16N4O3. The molecule has 0 atom stereocenters. The Morgan fingerprint density at radius 1 is 1.38 bits per heavy atom. The molecule has 21 heavy (non-hydrogen) atoms. The molecule has 0 fully saturated rings. The zero-order valence-electron chi connectivity index (χ0n) is 11.6. The minimum atomic E-state index is -0.583. The van der Waals surface area contributed by atoms with Gasteiger partial charge in [0.25, 0.3) is 11.5 Å². The average Bonchev–Trinajstić information content (AvgIpc) is 2.48. The Morgan fingerprint density at radius 2 is 2.19 bits per heavy atom. The molecule has 7 heteroatoms. The monoisotopic (exact) mass is 288 g/mol. The van der Waals surface area contributed by atoms with Crippen LogP contribution in [0.3, 0.4) is 0 Å². The molecule has 1 amide bonds. The van der Waals surface area contributed by atoms with E-state index < -0.39 is 11.5 Å². The third kappa shape index (κ3) is 3.44. The number of amides is 1. The Morgan fingerprint density at radius 3 is 2.90 bits per heavy atom. The van der Waals surface area contributed by atoms with Crippen LogP contribution in [0.5, 0.6) is 0 Å². The van der Waals surface area contributed by atoms with Gasteiger partial charge in [0.05, 0.1) is 11.3 Å². The van der Waals surface area contributed by atoms with Crippen molar-refractivity contribution in [2.24, 2.45) is 0 Å². The Hall–Kier alpha value is -2.70. The van der Waals surface area contributed by atoms with Crippen molar-refractivity contribution in [3.8, 4) is 11.3 Å². The summed E-state index contributed by atoms with van der Waals surface area (Å²) in [6, 6.07) is 2.67. The fraction of sp³-hybridized carbons (Fsp3) is 0.286. The third-order valence-electron chi connectivity index (χ3n) is 2.96. The van der Waals surface area contributed by atoms with Crippen LogP contribution < -0.4 is 16.3 Å². The van der Waals surface area contributed by atoms with Crippen LogP contribution >= 0.6 is 0 Å². The van der Waals surface area contributed by atoms with Crippen LogP contribution in [0, 0.1) is 0 Å². The highest BCUT2D eigenvalue weighted by Gasteiger charge is 2.13. The van der Waals surface area contributed by atoms with Gasteiger partial charge in [0, 0.05) is 25.0 Å². The highest BCUT2D eigenvalue weighted by molar-refractivity contribution is 5.94. The fourth-order valence-electron chi connectivity index (χ4n) is 1.80. The first kappa shape index (κ1) is 14.7. The van der Waals surface area contributed by atoms with Gasteiger partial charge in [-0.3, -0.25) is 14.4 Å². The molecule has 0 saturated heterocycles. The maximum atomic E-state index is 12.0. The van der Waals surface area contributed by atoms with E-state index in [0.29, 0.717) is 6.54 Å². The molecule has 0 saturated carbocycles. The number of unbranched alkanes of at least 4 members (excludes halogenated alkanes) is 1. The SMILES string of the molecule is CCCCNC(=O)c1cc(-c2c[nH]ccc2=O)n[nH]c1=O. The number of carbonyl (C=O) groups excluding carboxylic acids is 1. The summed E-state index contributed by atoms with van der Waals surface area (Å²) in [7, 11) is 0. The first-order valence-electron chi connectivity index (χ1n) is 6.69. The predicted octanol–water partition coefficient (Wildman–Crippen LogP) is 0.655. The van der Waals surface area contributed by atoms with Crippen LogP contribution in [0.15, 0.2) is 34.1 Å². The standard InChI is InChI=1S/C14H16N4O3/c1-2-3-5-16-13(20)9-7-11(17-18-14(9)21)10-8-15-6-4-12(10)19/h4,6-8H,2-3,5H2,1H3,(H,15,19)(H,16,20)(H,18,21). The molecule has 0 unspecified atom stereocenters. The molecule has 0 spiro atoms. The van der Waals surface area contributed by atoms with E-state index >= 15 is 0 Å². The summed E-state index contributed by atoms with van der Waals surface area (Å²) in [4.78, 5) is 38.2. The predicted molar refractivity (Wildman–Crippen MR) is 78.2 cm³/mol. The van der Waals surface area contributed by atoms with Gasteiger partial charge in [-0.05, 0) is 12.5 Å². The second-order valence-electron chi connectivity index (χ2n) is 4.53. The molecule has 2 heterocycles. The normalized spacial score (nSPS) is 10.3. The Bertz CT molecular complexity index is 748. The minimum Gasteiger partial charge on any atom is -0.367 e. The largest absolute Gasteiger partial charge is 0.367 e. The fourth-order valence-corrected chi connectivity index (χ4v) is 1.80. The molecule has 3 N–H and O–H groups in total. The van der Waals surface area contributed by atoms with E-state index in [1.165, 1.54) is 24.5 Å². The average molecular weight is 288 g/mol. The molecule has 0 aliphatic heterocycles. The molecule has 7 nitrogen and oxygen atoms in total. The van der Waals surface area contributed by atoms with E-state index in [-0.39, 0.29) is 22.2 Å². The molecule has 110 valence electrons. The molecule has 2 aromatic rings. The zero-order chi connectivity index (χ0) is 15.2. The van der Waals surface area contributed by atoms with Crippen LogP contribution in [0.4, 0.5) is 0 Å². The smallest absolute Gasteiger partial charge is 0.277 e. The molecule has 2 rings (SSSR count). The van der Waals surface area contributed by atoms with Gasteiger partial charge in [-0.25, -0.2) is 5.10 Å². The molecule has 0 radical (unpaired) electrons. The van der Waals surface area contributed by atoms with Gasteiger partial charge in [-0.2, -0.15) is 5.10 Å². The van der Waals surface area contributed by atoms with E-state index in [2.05, 4.69) is 20.5 Å². The molecule has 0 aliphatic rings. The number of pyridine rings is 1. The number of aromatic nitrogens is 3. The quantitative estimate of drug-likeness (QED) is 0.702. The Kier molecular flexibility index (Phi) is 4.65. The van der Waals surface area contributed by atoms with Crippen molar-refractivity contribution in [3.05, 3.63) is 50.7 Å². The van der Waals surface area contributed by atoms with E-state index in [9.17, 15) is 14.4 Å². The van der Waals surface area contributed by atoms with Crippen molar-refractivity contribution in [3.63, 3.8) is 0 Å². The number of nitrogens with zero attached hydrogens (tertiary/aromatic N) is 1. The van der Waals surface area contributed by atoms with Gasteiger partial charge in [0.1, 0.15) is 5.56 Å². The summed E-state index contributed by atoms with van der Waals surface area (Å²) in [5, 5.41) is 8.72. The molecule has 0 aromatic carbocycles. The van der Waals surface area contributed by atoms with Crippen LogP contribution in [-0.4, -0.2) is 27.6 Å². The topological polar surface area (TPSA) is 108 Å². The summed E-state index contributed by atoms with van der Waals surface area (Å²) in [6.07, 6.45) is 4.75. The van der Waals surface area contributed by atoms with Gasteiger partial charge >= 0.3 is 0 Å². The second kappa shape index (κ2) is 6.65. The summed E-state index contributed by atoms with van der Waals surface area (Å²) in [5.41, 5.74) is -0.349. The second-order valence-corrected chi connectivity index (χ2v) is 4.53. The summed E-state index contributed by atoms with van der Waals surface area (Å²) < 4.78 is 0. The lowest BCUT2D eigenvalue weighted by Crippen LogP contribution is -2.31. The zero-order valence-corrected chi connectivity index (χ0v) is 11.6. The number of hydrogen-bond acceptors (Lipinski definition) is 4. The van der Waals surface area contributed by atoms with Gasteiger partial charge in [0.15, 0.2) is 5.43 Å². The highest BCUT2D eigenvalue weighted by Crippen LogP contribution is 2.09. The van der Waals surface area contributed by atoms with E-state index in [4.69, 9.17) is 0 Å². The maximum Gasteiger partial charge on any atom is 0.277 e. The minimum absolute atomic E-state index is 0.0562. The Balaban J connectivity index is 2.34. The van der Waals surface area contributed by atoms with E-state index in [1.807, 2.05) is 6.92 Å². The summed E-state index contributed by atoms with van der Waals surface area (Å²) in [5.74, 6) is -0.472. The molecular weight excluding hydrogens is 272 g/mol. The summed E-state index contributed by atoms with van der Waals surface area (Å²) in [6.45, 7) is 2.50. The number of carbonyl (C=O) groups is 1. The number of nitrogens with one attached hydrogen (secondary N) is 3. The third-order valence-corrected chi connectivity index (χ3v) is 2.96. The van der Waals surface area contributed by atoms with Gasteiger partial charge in [0.2, 0.25) is 0 Å². The van der Waals surface area contributed by atoms with Crippen LogP contribution in [-0.2, 0) is 0 Å². The van der Waals surface area contributed by atoms with Crippen molar-refractivity contribution in [2.75, 3.05) is 6.54 Å². The van der Waals surface area contributed by atoms with Crippen molar-refractivity contribution < 1.29 is 4.79 Å². The van der Waals surface area contributed by atoms with Crippen LogP contribution in [0.2, 0.25) is 0 Å². The lowest BCUT2D eigenvalue weighted by Gasteiger charge is -2.05. The Labute approximate surface area is 120 Å². The lowest BCUT2D eigenvalue weighted by molar-refractivity contribution is 0.0951. The first-order chi connectivity index (χ1) is 10.1. The molecule has 2 aromatic heterocycles. The van der Waals surface area contributed by atoms with Crippen molar-refractivity contribution in [2.45, 2.75) is 19.8 Å². The lowest BCUT2D eigenvalue weighted by atomic mass is 10.1. The van der Waals surface area contributed by atoms with Gasteiger partial charge < -0.3 is 10.3 Å². The number of hydrogen-bond donors (Lipinski definition) is 3. The summed E-state index contributed by atoms with van der Waals surface area (Å²) >= 11 is 0. The maximum absolute atomic E-state index is 12.0. The van der Waals surface area contributed by atoms with Crippen LogP contribution in [0.25, 0.3) is 11.3 Å². The first-order valence-corrected chi connectivity index (χ1v) is 6.69. The van der Waals surface area contributed by atoms with Gasteiger partial charge in [-0.15, -0.1) is 0 Å². The molecule has 0 bridgehead atoms. The number of H-pyrrole nitrogens is 2. The number of rotatable bonds is 5. The van der Waals surface area contributed by atoms with E-state index in [0.717, 1.165) is 12.8 Å². The van der Waals surface area contributed by atoms with Crippen molar-refractivity contribution in [1.29, 1.82) is 0 Å². The molecule has 0 aliphatic carbocycles. The van der Waals surface area contributed by atoms with Crippen LogP contribution in [0.1, 0.15) is 30.1 Å². The van der Waals surface area contributed by atoms with Crippen molar-refractivity contribution >= 4 is 5.91 Å².